The quantitative estimate of drug-likeness (QED) is 0.217. The van der Waals surface area contributed by atoms with E-state index in [1.54, 1.807) is 24.3 Å². The molecule has 8 nitrogen and oxygen atoms in total. The Morgan fingerprint density at radius 2 is 1.57 bits per heavy atom. The van der Waals surface area contributed by atoms with E-state index in [2.05, 4.69) is 5.32 Å². The normalized spacial score (nSPS) is 18.3. The lowest BCUT2D eigenvalue weighted by Gasteiger charge is -2.38. The van der Waals surface area contributed by atoms with E-state index in [0.717, 1.165) is 7.11 Å². The highest BCUT2D eigenvalue weighted by Crippen LogP contribution is 2.43. The lowest BCUT2D eigenvalue weighted by molar-refractivity contribution is -0.136. The Kier molecular flexibility index (Phi) is 8.45. The number of methoxy groups -OCH3 is 2. The molecule has 0 bridgehead atoms. The van der Waals surface area contributed by atoms with Crippen molar-refractivity contribution in [3.63, 3.8) is 0 Å². The summed E-state index contributed by atoms with van der Waals surface area (Å²) in [5.41, 5.74) is -2.07. The van der Waals surface area contributed by atoms with Crippen molar-refractivity contribution in [2.24, 2.45) is 0 Å². The van der Waals surface area contributed by atoms with Crippen molar-refractivity contribution in [3.05, 3.63) is 81.5 Å². The van der Waals surface area contributed by atoms with Crippen LogP contribution in [0.4, 0.5) is 22.0 Å². The van der Waals surface area contributed by atoms with Gasteiger partial charge in [-0.25, -0.2) is 26.7 Å². The number of ether oxygens (including phenoxy) is 3. The predicted molar refractivity (Wildman–Crippen MR) is 130 cm³/mol. The van der Waals surface area contributed by atoms with Gasteiger partial charge in [-0.1, -0.05) is 0 Å². The molecule has 2 unspecified atom stereocenters. The number of β-amino-alcohol motifs (C(OH)–C–C–N with tert-alkyl or cyclic N) is 1. The first-order chi connectivity index (χ1) is 19.0. The number of esters is 1. The smallest absolute Gasteiger partial charge is 0.336 e. The first kappa shape index (κ1) is 29.0. The highest BCUT2D eigenvalue weighted by molar-refractivity contribution is 6.04. The van der Waals surface area contributed by atoms with Gasteiger partial charge in [-0.2, -0.15) is 0 Å². The van der Waals surface area contributed by atoms with Gasteiger partial charge in [0.15, 0.2) is 29.1 Å². The molecule has 2 atom stereocenters. The lowest BCUT2D eigenvalue weighted by atomic mass is 9.76. The van der Waals surface area contributed by atoms with Crippen molar-refractivity contribution in [2.75, 3.05) is 40.5 Å². The second kappa shape index (κ2) is 11.6. The molecule has 40 heavy (non-hydrogen) atoms. The van der Waals surface area contributed by atoms with Gasteiger partial charge in [-0.3, -0.25) is 9.69 Å². The summed E-state index contributed by atoms with van der Waals surface area (Å²) < 4.78 is 87.3. The highest BCUT2D eigenvalue weighted by Gasteiger charge is 2.44. The zero-order chi connectivity index (χ0) is 29.3. The number of benzene rings is 2. The van der Waals surface area contributed by atoms with Crippen LogP contribution in [0.5, 0.6) is 11.5 Å². The maximum Gasteiger partial charge on any atom is 0.336 e. The van der Waals surface area contributed by atoms with Crippen LogP contribution in [0.25, 0.3) is 0 Å². The molecule has 0 aromatic heterocycles. The number of ketones is 1. The van der Waals surface area contributed by atoms with Crippen molar-refractivity contribution in [2.45, 2.75) is 18.9 Å². The second-order valence-electron chi connectivity index (χ2n) is 9.20. The Bertz CT molecular complexity index is 1380. The Morgan fingerprint density at radius 1 is 1.00 bits per heavy atom. The van der Waals surface area contributed by atoms with Crippen molar-refractivity contribution in [3.8, 4) is 11.5 Å². The zero-order valence-electron chi connectivity index (χ0n) is 21.6. The van der Waals surface area contributed by atoms with E-state index < -0.39 is 64.0 Å². The summed E-state index contributed by atoms with van der Waals surface area (Å²) in [5, 5.41) is 13.3. The molecule has 0 aliphatic carbocycles. The molecule has 2 aromatic carbocycles. The molecule has 0 spiro atoms. The fourth-order valence-electron chi connectivity index (χ4n) is 4.81. The monoisotopic (exact) mass is 568 g/mol. The van der Waals surface area contributed by atoms with Crippen LogP contribution >= 0.6 is 0 Å². The minimum atomic E-state index is -2.37. The SMILES string of the molecule is COC(=O)C1=C(C)NC2=C(C(=O)CN(CC(O)COc3ccc(OC)cc3)C2)C1c1c(F)c(F)c(F)c(F)c1F. The number of allylic oxidation sites excluding steroid dienone is 1. The molecule has 2 heterocycles. The first-order valence-electron chi connectivity index (χ1n) is 12.0. The summed E-state index contributed by atoms with van der Waals surface area (Å²) in [6.45, 7) is 0.711. The van der Waals surface area contributed by atoms with E-state index in [0.29, 0.717) is 11.5 Å². The van der Waals surface area contributed by atoms with Crippen LogP contribution in [0.3, 0.4) is 0 Å². The Hall–Kier alpha value is -3.97. The molecule has 0 radical (unpaired) electrons. The average molecular weight is 568 g/mol. The van der Waals surface area contributed by atoms with Crippen molar-refractivity contribution >= 4 is 11.8 Å². The van der Waals surface area contributed by atoms with E-state index in [1.165, 1.54) is 18.9 Å². The standard InChI is InChI=1S/C27H25F5N2O6/c1-12-18(27(37)39-3)20(21-22(28)24(30)26(32)25(31)23(21)29)19-16(33-12)9-34(10-17(19)36)8-13(35)11-40-15-6-4-14(38-2)5-7-15/h4-7,13,20,33,35H,8-11H2,1-3H3. The highest BCUT2D eigenvalue weighted by atomic mass is 19.2. The molecule has 0 saturated carbocycles. The van der Waals surface area contributed by atoms with Crippen LogP contribution in [0.2, 0.25) is 0 Å². The number of dihydropyridines is 1. The molecule has 0 fully saturated rings. The molecule has 13 heteroatoms. The molecular weight excluding hydrogens is 543 g/mol. The van der Waals surface area contributed by atoms with Gasteiger partial charge in [0.05, 0.1) is 32.3 Å². The summed E-state index contributed by atoms with van der Waals surface area (Å²) >= 11 is 0. The lowest BCUT2D eigenvalue weighted by Crippen LogP contribution is -2.48. The van der Waals surface area contributed by atoms with Gasteiger partial charge in [-0.05, 0) is 31.2 Å². The van der Waals surface area contributed by atoms with Crippen molar-refractivity contribution in [1.29, 1.82) is 0 Å². The molecule has 2 aromatic rings. The van der Waals surface area contributed by atoms with E-state index in [-0.39, 0.29) is 43.2 Å². The average Bonchev–Trinajstić information content (AvgIpc) is 2.93. The number of aliphatic hydroxyl groups excluding tert-OH is 1. The van der Waals surface area contributed by atoms with E-state index >= 15 is 0 Å². The summed E-state index contributed by atoms with van der Waals surface area (Å²) in [6, 6.07) is 6.64. The fraction of sp³-hybridized carbons (Fsp3) is 0.333. The van der Waals surface area contributed by atoms with Crippen LogP contribution in [-0.4, -0.2) is 68.3 Å². The largest absolute Gasteiger partial charge is 0.497 e. The van der Waals surface area contributed by atoms with Gasteiger partial charge in [-0.15, -0.1) is 0 Å². The third-order valence-electron chi connectivity index (χ3n) is 6.60. The van der Waals surface area contributed by atoms with Gasteiger partial charge in [0.2, 0.25) is 5.82 Å². The minimum absolute atomic E-state index is 0.00224. The molecular formula is C27H25F5N2O6. The Morgan fingerprint density at radius 3 is 2.15 bits per heavy atom. The van der Waals surface area contributed by atoms with Gasteiger partial charge in [0.25, 0.3) is 0 Å². The number of hydrogen-bond acceptors (Lipinski definition) is 8. The Balaban J connectivity index is 1.63. The van der Waals surface area contributed by atoms with E-state index in [1.807, 2.05) is 0 Å². The summed E-state index contributed by atoms with van der Waals surface area (Å²) in [5.74, 6) is -13.8. The third-order valence-corrected chi connectivity index (χ3v) is 6.60. The van der Waals surface area contributed by atoms with E-state index in [4.69, 9.17) is 14.2 Å². The van der Waals surface area contributed by atoms with Crippen LogP contribution in [0, 0.1) is 29.1 Å². The summed E-state index contributed by atoms with van der Waals surface area (Å²) in [4.78, 5) is 27.4. The summed E-state index contributed by atoms with van der Waals surface area (Å²) in [7, 11) is 2.49. The van der Waals surface area contributed by atoms with Crippen LogP contribution in [0.15, 0.2) is 46.8 Å². The van der Waals surface area contributed by atoms with Gasteiger partial charge in [0, 0.05) is 35.6 Å². The number of nitrogens with zero attached hydrogens (tertiary/aromatic N) is 1. The molecule has 2 aliphatic rings. The van der Waals surface area contributed by atoms with Gasteiger partial charge >= 0.3 is 5.97 Å². The number of hydrogen-bond donors (Lipinski definition) is 2. The maximum absolute atomic E-state index is 14.9. The predicted octanol–water partition coefficient (Wildman–Crippen LogP) is 3.10. The molecule has 4 rings (SSSR count). The van der Waals surface area contributed by atoms with Crippen molar-refractivity contribution < 1.29 is 50.9 Å². The topological polar surface area (TPSA) is 97.3 Å². The fourth-order valence-corrected chi connectivity index (χ4v) is 4.81. The first-order valence-corrected chi connectivity index (χ1v) is 12.0. The summed E-state index contributed by atoms with van der Waals surface area (Å²) in [6.07, 6.45) is -1.06. The minimum Gasteiger partial charge on any atom is -0.497 e. The number of Topliss-reactive ketones (excluding diaryl/α,β-unsaturated/α-hetero) is 1. The van der Waals surface area contributed by atoms with E-state index in [9.17, 15) is 36.6 Å². The number of halogens is 5. The second-order valence-corrected chi connectivity index (χ2v) is 9.20. The Labute approximate surface area is 225 Å². The molecule has 2 N–H and O–H groups in total. The number of aliphatic hydroxyl groups is 1. The van der Waals surface area contributed by atoms with Gasteiger partial charge < -0.3 is 24.6 Å². The van der Waals surface area contributed by atoms with Gasteiger partial charge in [0.1, 0.15) is 24.2 Å². The van der Waals surface area contributed by atoms with Crippen molar-refractivity contribution in [1.82, 2.24) is 10.2 Å². The molecule has 0 amide bonds. The molecule has 0 saturated heterocycles. The number of carbonyl (C=O) groups is 2. The third kappa shape index (κ3) is 5.39. The van der Waals surface area contributed by atoms with Crippen LogP contribution in [0.1, 0.15) is 18.4 Å². The molecule has 214 valence electrons. The molecule has 2 aliphatic heterocycles. The van der Waals surface area contributed by atoms with Crippen LogP contribution < -0.4 is 14.8 Å². The zero-order valence-corrected chi connectivity index (χ0v) is 21.6. The number of rotatable bonds is 8. The number of nitrogens with one attached hydrogen (secondary N) is 1. The van der Waals surface area contributed by atoms with Crippen LogP contribution in [-0.2, 0) is 14.3 Å². The number of carbonyl (C=O) groups excluding carboxylic acids is 2. The maximum atomic E-state index is 14.9.